The van der Waals surface area contributed by atoms with Crippen molar-refractivity contribution >= 4 is 17.7 Å². The van der Waals surface area contributed by atoms with Gasteiger partial charge >= 0.3 is 0 Å². The molecule has 1 unspecified atom stereocenters. The van der Waals surface area contributed by atoms with E-state index in [1.165, 1.54) is 32.4 Å². The number of alkyl halides is 1. The Balaban J connectivity index is 0.000000195. The number of piperidine rings is 1. The number of thioether (sulfide) groups is 1. The fourth-order valence-corrected chi connectivity index (χ4v) is 6.20. The van der Waals surface area contributed by atoms with Crippen LogP contribution in [-0.4, -0.2) is 110 Å². The maximum Gasteiger partial charge on any atom is 0.272 e. The molecule has 0 aliphatic carbocycles. The number of fused-ring (bicyclic) bond motifs is 3. The van der Waals surface area contributed by atoms with Gasteiger partial charge in [0.05, 0.1) is 26.0 Å². The summed E-state index contributed by atoms with van der Waals surface area (Å²) < 4.78 is 23.6. The Kier molecular flexibility index (Phi) is 11.5. The first-order chi connectivity index (χ1) is 19.0. The number of halogens is 1. The van der Waals surface area contributed by atoms with Crippen molar-refractivity contribution in [3.63, 3.8) is 0 Å². The van der Waals surface area contributed by atoms with Gasteiger partial charge in [-0.2, -0.15) is 5.10 Å². The molecule has 5 rings (SSSR count). The van der Waals surface area contributed by atoms with E-state index in [2.05, 4.69) is 27.0 Å². The van der Waals surface area contributed by atoms with Crippen LogP contribution in [0.15, 0.2) is 23.1 Å². The smallest absolute Gasteiger partial charge is 0.272 e. The normalized spacial score (nSPS) is 18.1. The van der Waals surface area contributed by atoms with E-state index in [0.717, 1.165) is 52.9 Å². The van der Waals surface area contributed by atoms with Crippen molar-refractivity contribution in [2.75, 3.05) is 73.2 Å². The van der Waals surface area contributed by atoms with Gasteiger partial charge in [0.1, 0.15) is 17.6 Å². The van der Waals surface area contributed by atoms with Crippen LogP contribution in [-0.2, 0) is 10.5 Å². The molecule has 2 fully saturated rings. The van der Waals surface area contributed by atoms with Crippen LogP contribution in [0.25, 0.3) is 11.3 Å². The number of amides is 1. The lowest BCUT2D eigenvalue weighted by Gasteiger charge is -2.28. The number of carbonyl (C=O) groups excluding carboxylic acids is 1. The molecule has 10 heteroatoms. The van der Waals surface area contributed by atoms with Crippen LogP contribution in [0.1, 0.15) is 55.1 Å². The summed E-state index contributed by atoms with van der Waals surface area (Å²) in [5.74, 6) is 1.58. The topological polar surface area (TPSA) is 73.9 Å². The highest BCUT2D eigenvalue weighted by atomic mass is 32.2. The van der Waals surface area contributed by atoms with Crippen molar-refractivity contribution < 1.29 is 18.7 Å². The number of carbonyl (C=O) groups is 1. The predicted octanol–water partition coefficient (Wildman–Crippen LogP) is 4.71. The van der Waals surface area contributed by atoms with E-state index in [9.17, 15) is 9.18 Å². The van der Waals surface area contributed by atoms with E-state index in [4.69, 9.17) is 9.47 Å². The highest BCUT2D eigenvalue weighted by molar-refractivity contribution is 7.98. The van der Waals surface area contributed by atoms with Gasteiger partial charge in [-0.15, -0.1) is 11.8 Å². The van der Waals surface area contributed by atoms with E-state index in [1.54, 1.807) is 18.9 Å². The molecule has 1 atom stereocenters. The Morgan fingerprint density at radius 1 is 1.21 bits per heavy atom. The number of morpholine rings is 1. The molecule has 1 aromatic heterocycles. The molecular formula is C29H44FN5O3S. The van der Waals surface area contributed by atoms with Crippen LogP contribution >= 0.6 is 11.8 Å². The number of likely N-dealkylation sites (tertiary alicyclic amines) is 1. The van der Waals surface area contributed by atoms with Crippen LogP contribution in [0.3, 0.4) is 0 Å². The van der Waals surface area contributed by atoms with E-state index in [0.29, 0.717) is 44.8 Å². The largest absolute Gasteiger partial charge is 0.497 e. The highest BCUT2D eigenvalue weighted by Crippen LogP contribution is 2.43. The number of likely N-dealkylation sites (N-methyl/N-ethyl adjacent to an activating group) is 1. The first-order valence-corrected chi connectivity index (χ1v) is 15.3. The molecule has 0 spiro atoms. The summed E-state index contributed by atoms with van der Waals surface area (Å²) in [5, 5.41) is 7.37. The molecule has 0 radical (unpaired) electrons. The van der Waals surface area contributed by atoms with E-state index in [-0.39, 0.29) is 5.91 Å². The Hall–Kier alpha value is -2.14. The van der Waals surface area contributed by atoms with Crippen molar-refractivity contribution in [1.82, 2.24) is 24.9 Å². The predicted molar refractivity (Wildman–Crippen MR) is 154 cm³/mol. The molecule has 1 amide bonds. The third kappa shape index (κ3) is 8.19. The van der Waals surface area contributed by atoms with Gasteiger partial charge < -0.3 is 24.2 Å². The summed E-state index contributed by atoms with van der Waals surface area (Å²) in [6.07, 6.45) is 4.83. The van der Waals surface area contributed by atoms with Gasteiger partial charge in [0.25, 0.3) is 5.91 Å². The quantitative estimate of drug-likeness (QED) is 0.476. The Morgan fingerprint density at radius 2 is 1.97 bits per heavy atom. The molecule has 1 aromatic carbocycles. The molecule has 1 N–H and O–H groups in total. The van der Waals surface area contributed by atoms with Crippen molar-refractivity contribution in [3.8, 4) is 17.0 Å². The Morgan fingerprint density at radius 3 is 2.69 bits per heavy atom. The minimum Gasteiger partial charge on any atom is -0.497 e. The number of methoxy groups -OCH3 is 1. The molecule has 2 aromatic rings. The lowest BCUT2D eigenvalue weighted by Crippen LogP contribution is -2.41. The molecule has 8 nitrogen and oxygen atoms in total. The fraction of sp³-hybridized carbons (Fsp3) is 0.655. The number of H-pyrrole nitrogens is 1. The summed E-state index contributed by atoms with van der Waals surface area (Å²) in [6.45, 7) is 10.0. The average molecular weight is 562 g/mol. The lowest BCUT2D eigenvalue weighted by atomic mass is 10.1. The van der Waals surface area contributed by atoms with Gasteiger partial charge in [0, 0.05) is 54.5 Å². The minimum absolute atomic E-state index is 0.0135. The second-order valence-electron chi connectivity index (χ2n) is 10.5. The molecule has 0 bridgehead atoms. The van der Waals surface area contributed by atoms with Crippen molar-refractivity contribution in [1.29, 1.82) is 0 Å². The zero-order chi connectivity index (χ0) is 27.6. The summed E-state index contributed by atoms with van der Waals surface area (Å²) in [7, 11) is 3.76. The second kappa shape index (κ2) is 15.0. The number of aromatic amines is 1. The molecular weight excluding hydrogens is 517 g/mol. The minimum atomic E-state index is -0.613. The number of rotatable bonds is 9. The SMILES string of the molecule is CCC(F)CCN(C)CCN1CCCCC1.COc1ccc2c(c1)SCc1c-2n[nH]c1C(=O)N1CCOCC1. The summed E-state index contributed by atoms with van der Waals surface area (Å²) in [4.78, 5) is 20.5. The standard InChI is InChI=1S/C16H17N3O3S.C13H27FN2/c1-21-10-2-3-11-13(8-10)23-9-12-14(11)17-18-15(12)16(20)19-4-6-22-7-5-19;1-3-13(14)7-10-15(2)11-12-16-8-5-4-6-9-16/h2-3,8H,4-7,9H2,1H3,(H,17,18);13H,3-12H2,1-2H3. The molecule has 3 aliphatic heterocycles. The molecule has 3 aliphatic rings. The monoisotopic (exact) mass is 561 g/mol. The van der Waals surface area contributed by atoms with E-state index in [1.807, 2.05) is 30.0 Å². The fourth-order valence-electron chi connectivity index (χ4n) is 5.10. The van der Waals surface area contributed by atoms with Crippen LogP contribution < -0.4 is 4.74 Å². The molecule has 216 valence electrons. The van der Waals surface area contributed by atoms with Crippen molar-refractivity contribution in [2.24, 2.45) is 0 Å². The molecule has 0 saturated carbocycles. The third-order valence-corrected chi connectivity index (χ3v) is 8.79. The maximum absolute atomic E-state index is 13.1. The Labute approximate surface area is 236 Å². The van der Waals surface area contributed by atoms with Crippen molar-refractivity contribution in [3.05, 3.63) is 29.5 Å². The number of nitrogens with zero attached hydrogens (tertiary/aromatic N) is 4. The zero-order valence-electron chi connectivity index (χ0n) is 23.7. The van der Waals surface area contributed by atoms with Gasteiger partial charge in [-0.3, -0.25) is 9.89 Å². The number of ether oxygens (including phenoxy) is 2. The van der Waals surface area contributed by atoms with Gasteiger partial charge in [0.2, 0.25) is 0 Å². The molecule has 39 heavy (non-hydrogen) atoms. The second-order valence-corrected chi connectivity index (χ2v) is 11.5. The number of benzene rings is 1. The van der Waals surface area contributed by atoms with E-state index >= 15 is 0 Å². The zero-order valence-corrected chi connectivity index (χ0v) is 24.5. The van der Waals surface area contributed by atoms with Crippen LogP contribution in [0, 0.1) is 0 Å². The number of aromatic nitrogens is 2. The van der Waals surface area contributed by atoms with Gasteiger partial charge in [-0.05, 0) is 64.0 Å². The first-order valence-electron chi connectivity index (χ1n) is 14.3. The van der Waals surface area contributed by atoms with Gasteiger partial charge in [0.15, 0.2) is 0 Å². The number of hydrogen-bond acceptors (Lipinski definition) is 7. The molecule has 2 saturated heterocycles. The lowest BCUT2D eigenvalue weighted by molar-refractivity contribution is 0.0298. The average Bonchev–Trinajstić information content (AvgIpc) is 3.44. The van der Waals surface area contributed by atoms with Crippen LogP contribution in [0.2, 0.25) is 0 Å². The first kappa shape index (κ1) is 29.8. The third-order valence-electron chi connectivity index (χ3n) is 7.71. The van der Waals surface area contributed by atoms with Gasteiger partial charge in [-0.1, -0.05) is 13.3 Å². The van der Waals surface area contributed by atoms with Crippen LogP contribution in [0.4, 0.5) is 4.39 Å². The summed E-state index contributed by atoms with van der Waals surface area (Å²) in [6, 6.07) is 5.94. The highest BCUT2D eigenvalue weighted by Gasteiger charge is 2.29. The number of nitrogens with one attached hydrogen (secondary N) is 1. The summed E-state index contributed by atoms with van der Waals surface area (Å²) in [5.41, 5.74) is 3.52. The van der Waals surface area contributed by atoms with Crippen LogP contribution in [0.5, 0.6) is 5.75 Å². The van der Waals surface area contributed by atoms with Gasteiger partial charge in [-0.25, -0.2) is 4.39 Å². The van der Waals surface area contributed by atoms with Crippen molar-refractivity contribution in [2.45, 2.75) is 55.8 Å². The molecule has 4 heterocycles. The Bertz CT molecular complexity index is 1060. The number of hydrogen-bond donors (Lipinski definition) is 1. The summed E-state index contributed by atoms with van der Waals surface area (Å²) >= 11 is 1.71. The maximum atomic E-state index is 13.1. The van der Waals surface area contributed by atoms with E-state index < -0.39 is 6.17 Å².